The Morgan fingerprint density at radius 2 is 1.65 bits per heavy atom. The molecule has 0 N–H and O–H groups in total. The average molecular weight is 478 g/mol. The van der Waals surface area contributed by atoms with Gasteiger partial charge in [-0.15, -0.1) is 0 Å². The van der Waals surface area contributed by atoms with Gasteiger partial charge < -0.3 is 9.64 Å². The fraction of sp³-hybridized carbons (Fsp3) is 0.542. The highest BCUT2D eigenvalue weighted by Gasteiger charge is 2.36. The SMILES string of the molecule is C[C@@H]1CN(c2ncc(C(F)F)cn2)C[C@H](C)N1C(=O)OC1CCN(Cc2ccc(F)cc2)CC1. The van der Waals surface area contributed by atoms with Gasteiger partial charge in [0.15, 0.2) is 0 Å². The number of hydrogen-bond donors (Lipinski definition) is 0. The number of likely N-dealkylation sites (tertiary alicyclic amines) is 1. The van der Waals surface area contributed by atoms with E-state index in [1.54, 1.807) is 17.0 Å². The molecule has 1 aromatic heterocycles. The number of carbonyl (C=O) groups is 1. The summed E-state index contributed by atoms with van der Waals surface area (Å²) in [6, 6.07) is 6.23. The lowest BCUT2D eigenvalue weighted by Gasteiger charge is -2.44. The summed E-state index contributed by atoms with van der Waals surface area (Å²) in [7, 11) is 0. The van der Waals surface area contributed by atoms with Crippen LogP contribution >= 0.6 is 0 Å². The standard InChI is InChI=1S/C24H30F3N5O2/c1-16-13-31(23-28-11-19(12-29-23)22(26)27)14-17(2)32(16)24(33)34-21-7-9-30(10-8-21)15-18-3-5-20(25)6-4-18/h3-6,11-12,16-17,21-22H,7-10,13-15H2,1-2H3/t16-,17+. The quantitative estimate of drug-likeness (QED) is 0.642. The van der Waals surface area contributed by atoms with E-state index in [0.29, 0.717) is 19.0 Å². The molecule has 34 heavy (non-hydrogen) atoms. The molecule has 2 aliphatic heterocycles. The zero-order valence-corrected chi connectivity index (χ0v) is 19.4. The van der Waals surface area contributed by atoms with Crippen molar-refractivity contribution in [2.75, 3.05) is 31.1 Å². The molecule has 2 fully saturated rings. The highest BCUT2D eigenvalue weighted by Crippen LogP contribution is 2.24. The summed E-state index contributed by atoms with van der Waals surface area (Å²) in [5.74, 6) is 0.139. The summed E-state index contributed by atoms with van der Waals surface area (Å²) in [4.78, 5) is 27.1. The first-order valence-corrected chi connectivity index (χ1v) is 11.6. The predicted octanol–water partition coefficient (Wildman–Crippen LogP) is 4.25. The molecule has 2 aromatic rings. The molecule has 4 rings (SSSR count). The fourth-order valence-corrected chi connectivity index (χ4v) is 4.69. The van der Waals surface area contributed by atoms with Gasteiger partial charge in [-0.3, -0.25) is 9.80 Å². The van der Waals surface area contributed by atoms with Crippen molar-refractivity contribution in [3.63, 3.8) is 0 Å². The van der Waals surface area contributed by atoms with Crippen LogP contribution in [0.1, 0.15) is 44.2 Å². The van der Waals surface area contributed by atoms with Gasteiger partial charge in [-0.1, -0.05) is 12.1 Å². The molecule has 10 heteroatoms. The number of halogens is 3. The number of carbonyl (C=O) groups excluding carboxylic acids is 1. The van der Waals surface area contributed by atoms with Crippen molar-refractivity contribution in [2.45, 2.75) is 57.8 Å². The molecular weight excluding hydrogens is 447 g/mol. The maximum absolute atomic E-state index is 13.1. The highest BCUT2D eigenvalue weighted by atomic mass is 19.3. The second kappa shape index (κ2) is 10.6. The van der Waals surface area contributed by atoms with Crippen LogP contribution in [-0.2, 0) is 11.3 Å². The van der Waals surface area contributed by atoms with Gasteiger partial charge in [-0.2, -0.15) is 0 Å². The number of amides is 1. The number of ether oxygens (including phenoxy) is 1. The average Bonchev–Trinajstić information content (AvgIpc) is 2.81. The summed E-state index contributed by atoms with van der Waals surface area (Å²) in [5.41, 5.74) is 0.848. The molecule has 2 aliphatic rings. The zero-order valence-electron chi connectivity index (χ0n) is 19.4. The Labute approximate surface area is 197 Å². The van der Waals surface area contributed by atoms with Gasteiger partial charge >= 0.3 is 6.09 Å². The lowest BCUT2D eigenvalue weighted by Crippen LogP contribution is -2.59. The summed E-state index contributed by atoms with van der Waals surface area (Å²) in [6.07, 6.45) is 0.718. The third-order valence-corrected chi connectivity index (χ3v) is 6.44. The molecule has 2 atom stereocenters. The maximum Gasteiger partial charge on any atom is 0.410 e. The molecule has 3 heterocycles. The Morgan fingerprint density at radius 3 is 2.21 bits per heavy atom. The Balaban J connectivity index is 1.27. The van der Waals surface area contributed by atoms with Crippen LogP contribution in [0.15, 0.2) is 36.7 Å². The number of piperazine rings is 1. The number of nitrogens with zero attached hydrogens (tertiary/aromatic N) is 5. The fourth-order valence-electron chi connectivity index (χ4n) is 4.69. The van der Waals surface area contributed by atoms with E-state index in [2.05, 4.69) is 14.9 Å². The van der Waals surface area contributed by atoms with Gasteiger partial charge in [0.25, 0.3) is 6.43 Å². The highest BCUT2D eigenvalue weighted by molar-refractivity contribution is 5.69. The van der Waals surface area contributed by atoms with Crippen LogP contribution in [0.2, 0.25) is 0 Å². The molecule has 0 bridgehead atoms. The van der Waals surface area contributed by atoms with E-state index >= 15 is 0 Å². The molecule has 2 saturated heterocycles. The summed E-state index contributed by atoms with van der Waals surface area (Å²) in [5, 5.41) is 0. The van der Waals surface area contributed by atoms with Crippen LogP contribution in [-0.4, -0.2) is 70.2 Å². The molecule has 7 nitrogen and oxygen atoms in total. The normalized spacial score (nSPS) is 22.3. The minimum atomic E-state index is -2.60. The molecule has 0 unspecified atom stereocenters. The molecule has 0 radical (unpaired) electrons. The molecule has 184 valence electrons. The van der Waals surface area contributed by atoms with Gasteiger partial charge in [-0.05, 0) is 44.4 Å². The Bertz CT molecular complexity index is 940. The van der Waals surface area contributed by atoms with E-state index in [9.17, 15) is 18.0 Å². The van der Waals surface area contributed by atoms with Crippen molar-refractivity contribution in [3.05, 3.63) is 53.6 Å². The smallest absolute Gasteiger partial charge is 0.410 e. The molecule has 1 amide bonds. The number of piperidine rings is 1. The maximum atomic E-state index is 13.1. The molecule has 0 aliphatic carbocycles. The van der Waals surface area contributed by atoms with Gasteiger partial charge in [0.05, 0.1) is 17.6 Å². The Morgan fingerprint density at radius 1 is 1.06 bits per heavy atom. The van der Waals surface area contributed by atoms with Crippen molar-refractivity contribution in [2.24, 2.45) is 0 Å². The van der Waals surface area contributed by atoms with Crippen molar-refractivity contribution in [1.29, 1.82) is 0 Å². The van der Waals surface area contributed by atoms with Crippen LogP contribution in [0.5, 0.6) is 0 Å². The van der Waals surface area contributed by atoms with Crippen LogP contribution in [0.3, 0.4) is 0 Å². The van der Waals surface area contributed by atoms with Crippen LogP contribution < -0.4 is 4.90 Å². The monoisotopic (exact) mass is 477 g/mol. The Hall–Kier alpha value is -2.88. The van der Waals surface area contributed by atoms with Crippen molar-refractivity contribution >= 4 is 12.0 Å². The first-order valence-electron chi connectivity index (χ1n) is 11.6. The van der Waals surface area contributed by atoms with Crippen LogP contribution in [0, 0.1) is 5.82 Å². The number of alkyl halides is 2. The second-order valence-corrected chi connectivity index (χ2v) is 9.11. The van der Waals surface area contributed by atoms with Gasteiger partial charge in [0.1, 0.15) is 11.9 Å². The van der Waals surface area contributed by atoms with E-state index in [-0.39, 0.29) is 35.7 Å². The number of hydrogen-bond acceptors (Lipinski definition) is 6. The van der Waals surface area contributed by atoms with E-state index in [4.69, 9.17) is 4.74 Å². The summed E-state index contributed by atoms with van der Waals surface area (Å²) < 4.78 is 44.5. The minimum Gasteiger partial charge on any atom is -0.446 e. The van der Waals surface area contributed by atoms with Gasteiger partial charge in [0.2, 0.25) is 5.95 Å². The van der Waals surface area contributed by atoms with E-state index in [1.807, 2.05) is 18.7 Å². The number of aromatic nitrogens is 2. The lowest BCUT2D eigenvalue weighted by molar-refractivity contribution is 0.00995. The topological polar surface area (TPSA) is 61.8 Å². The van der Waals surface area contributed by atoms with E-state index in [1.165, 1.54) is 12.1 Å². The number of benzene rings is 1. The third-order valence-electron chi connectivity index (χ3n) is 6.44. The summed E-state index contributed by atoms with van der Waals surface area (Å²) in [6.45, 7) is 7.20. The van der Waals surface area contributed by atoms with Gasteiger partial charge in [0, 0.05) is 45.1 Å². The second-order valence-electron chi connectivity index (χ2n) is 9.11. The molecule has 0 spiro atoms. The van der Waals surface area contributed by atoms with E-state index < -0.39 is 6.43 Å². The largest absolute Gasteiger partial charge is 0.446 e. The molecule has 0 saturated carbocycles. The van der Waals surface area contributed by atoms with Gasteiger partial charge in [-0.25, -0.2) is 27.9 Å². The number of anilines is 1. The molecule has 1 aromatic carbocycles. The van der Waals surface area contributed by atoms with Crippen LogP contribution in [0.25, 0.3) is 0 Å². The first-order chi connectivity index (χ1) is 16.3. The minimum absolute atomic E-state index is 0.139. The molecular formula is C24H30F3N5O2. The number of rotatable bonds is 5. The van der Waals surface area contributed by atoms with Crippen molar-refractivity contribution in [3.8, 4) is 0 Å². The van der Waals surface area contributed by atoms with E-state index in [0.717, 1.165) is 50.4 Å². The first kappa shape index (κ1) is 24.3. The summed E-state index contributed by atoms with van der Waals surface area (Å²) >= 11 is 0. The zero-order chi connectivity index (χ0) is 24.2. The third kappa shape index (κ3) is 5.78. The lowest BCUT2D eigenvalue weighted by atomic mass is 10.1. The predicted molar refractivity (Wildman–Crippen MR) is 121 cm³/mol. The Kier molecular flexibility index (Phi) is 7.55. The van der Waals surface area contributed by atoms with Crippen molar-refractivity contribution in [1.82, 2.24) is 19.8 Å². The van der Waals surface area contributed by atoms with Crippen molar-refractivity contribution < 1.29 is 22.7 Å². The van der Waals surface area contributed by atoms with Crippen LogP contribution in [0.4, 0.5) is 23.9 Å².